The fourth-order valence-corrected chi connectivity index (χ4v) is 6.62. The molecule has 42 heavy (non-hydrogen) atoms. The summed E-state index contributed by atoms with van der Waals surface area (Å²) in [6.07, 6.45) is 0.604. The number of nitrogens with one attached hydrogen (secondary N) is 3. The fourth-order valence-electron chi connectivity index (χ4n) is 5.54. The van der Waals surface area contributed by atoms with Gasteiger partial charge in [0.15, 0.2) is 5.82 Å². The van der Waals surface area contributed by atoms with Crippen LogP contribution in [0, 0.1) is 11.3 Å². The van der Waals surface area contributed by atoms with E-state index in [4.69, 9.17) is 11.1 Å². The molecule has 2 saturated heterocycles. The summed E-state index contributed by atoms with van der Waals surface area (Å²) in [6, 6.07) is 5.88. The third-order valence-electron chi connectivity index (χ3n) is 7.68. The maximum atomic E-state index is 13.2. The number of halogens is 3. The summed E-state index contributed by atoms with van der Waals surface area (Å²) in [7, 11) is -3.14. The molecular formula is C28H33F3N8O2S. The van der Waals surface area contributed by atoms with E-state index in [1.54, 1.807) is 12.3 Å². The van der Waals surface area contributed by atoms with Crippen LogP contribution in [0.25, 0.3) is 16.3 Å². The molecule has 2 fully saturated rings. The van der Waals surface area contributed by atoms with Crippen LogP contribution in [0.5, 0.6) is 0 Å². The molecule has 1 aromatic carbocycles. The van der Waals surface area contributed by atoms with E-state index in [9.17, 15) is 21.6 Å². The van der Waals surface area contributed by atoms with Crippen molar-refractivity contribution in [1.82, 2.24) is 20.3 Å². The number of benzene rings is 1. The van der Waals surface area contributed by atoms with Crippen molar-refractivity contribution in [2.45, 2.75) is 51.0 Å². The average Bonchev–Trinajstić information content (AvgIpc) is 3.41. The Morgan fingerprint density at radius 2 is 2.00 bits per heavy atom. The Bertz CT molecular complexity index is 1660. The van der Waals surface area contributed by atoms with Gasteiger partial charge in [0.05, 0.1) is 17.5 Å². The van der Waals surface area contributed by atoms with Crippen LogP contribution in [0.2, 0.25) is 0 Å². The Balaban J connectivity index is 1.43. The molecule has 2 aliphatic rings. The van der Waals surface area contributed by atoms with Crippen LogP contribution in [0.15, 0.2) is 42.4 Å². The van der Waals surface area contributed by atoms with Gasteiger partial charge in [0, 0.05) is 54.1 Å². The second kappa shape index (κ2) is 11.1. The molecule has 0 saturated carbocycles. The minimum Gasteiger partial charge on any atom is -0.377 e. The van der Waals surface area contributed by atoms with E-state index in [0.717, 1.165) is 28.2 Å². The van der Waals surface area contributed by atoms with Gasteiger partial charge >= 0.3 is 6.18 Å². The summed E-state index contributed by atoms with van der Waals surface area (Å²) in [4.78, 5) is 15.2. The van der Waals surface area contributed by atoms with Gasteiger partial charge in [0.1, 0.15) is 27.5 Å². The van der Waals surface area contributed by atoms with Gasteiger partial charge in [-0.15, -0.1) is 0 Å². The second-order valence-electron chi connectivity index (χ2n) is 11.1. The van der Waals surface area contributed by atoms with Crippen molar-refractivity contribution >= 4 is 49.7 Å². The van der Waals surface area contributed by atoms with Crippen molar-refractivity contribution in [2.75, 3.05) is 28.8 Å². The number of hydrogen-bond donors (Lipinski definition) is 4. The van der Waals surface area contributed by atoms with Gasteiger partial charge in [-0.2, -0.15) is 13.2 Å². The van der Waals surface area contributed by atoms with Crippen molar-refractivity contribution in [2.24, 2.45) is 11.7 Å². The normalized spacial score (nSPS) is 22.2. The summed E-state index contributed by atoms with van der Waals surface area (Å²) in [5, 5.41) is 15.3. The van der Waals surface area contributed by atoms with E-state index < -0.39 is 28.2 Å². The minimum atomic E-state index is -4.38. The summed E-state index contributed by atoms with van der Waals surface area (Å²) >= 11 is 0. The third kappa shape index (κ3) is 6.04. The number of anilines is 3. The van der Waals surface area contributed by atoms with Crippen molar-refractivity contribution in [3.63, 3.8) is 0 Å². The monoisotopic (exact) mass is 602 g/mol. The molecule has 4 heterocycles. The van der Waals surface area contributed by atoms with Crippen LogP contribution < -0.4 is 21.3 Å². The van der Waals surface area contributed by atoms with Gasteiger partial charge in [-0.05, 0) is 47.9 Å². The van der Waals surface area contributed by atoms with Gasteiger partial charge in [0.2, 0.25) is 0 Å². The summed E-state index contributed by atoms with van der Waals surface area (Å²) in [5.41, 5.74) is 8.83. The SMILES string of the molecule is CC(C)c1ccc(N2C[C@H](CS(C)(=O)=O)[C@H]2N)c2cnc(Nc3ccnc(/C(C=N)=C4\CC[C@@H](C(F)(F)F)N4)n3)cc12. The first-order chi connectivity index (χ1) is 19.7. The number of allylic oxidation sites excluding steroid dienone is 2. The zero-order valence-electron chi connectivity index (χ0n) is 23.4. The first-order valence-corrected chi connectivity index (χ1v) is 15.6. The van der Waals surface area contributed by atoms with E-state index in [2.05, 4.69) is 39.4 Å². The number of alkyl halides is 3. The largest absolute Gasteiger partial charge is 0.408 e. The Morgan fingerprint density at radius 1 is 1.24 bits per heavy atom. The molecule has 0 spiro atoms. The van der Waals surface area contributed by atoms with Crippen LogP contribution in [0.3, 0.4) is 0 Å². The molecule has 0 amide bonds. The zero-order chi connectivity index (χ0) is 30.4. The Kier molecular flexibility index (Phi) is 7.88. The number of nitrogens with zero attached hydrogens (tertiary/aromatic N) is 4. The van der Waals surface area contributed by atoms with Crippen LogP contribution in [0.4, 0.5) is 30.5 Å². The predicted molar refractivity (Wildman–Crippen MR) is 158 cm³/mol. The topological polar surface area (TPSA) is 150 Å². The highest BCUT2D eigenvalue weighted by molar-refractivity contribution is 7.90. The second-order valence-corrected chi connectivity index (χ2v) is 13.3. The fraction of sp³-hybridized carbons (Fsp3) is 0.429. The van der Waals surface area contributed by atoms with Gasteiger partial charge in [-0.3, -0.25) is 0 Å². The van der Waals surface area contributed by atoms with Crippen molar-refractivity contribution in [3.8, 4) is 0 Å². The molecule has 0 bridgehead atoms. The molecular weight excluding hydrogens is 569 g/mol. The molecule has 5 rings (SSSR count). The zero-order valence-corrected chi connectivity index (χ0v) is 24.2. The maximum Gasteiger partial charge on any atom is 0.408 e. The van der Waals surface area contributed by atoms with Crippen molar-refractivity contribution < 1.29 is 21.6 Å². The Labute approximate surface area is 242 Å². The number of fused-ring (bicyclic) bond motifs is 1. The van der Waals surface area contributed by atoms with E-state index in [-0.39, 0.29) is 47.5 Å². The van der Waals surface area contributed by atoms with Gasteiger partial charge < -0.3 is 26.7 Å². The molecule has 0 aliphatic carbocycles. The molecule has 2 aliphatic heterocycles. The molecule has 224 valence electrons. The minimum absolute atomic E-state index is 0.0370. The quantitative estimate of drug-likeness (QED) is 0.276. The van der Waals surface area contributed by atoms with Gasteiger partial charge in [-0.25, -0.2) is 23.4 Å². The standard InChI is InChI=1S/C28H33F3N8O2S/c1-15(2)17-4-6-22(39-13-16(26(39)33)14-42(3,40)41)20-12-35-25(10-18(17)20)37-24-8-9-34-27(38-24)19(11-32)21-5-7-23(36-21)28(29,30)31/h4,6,8-12,15-16,23,26,32,36H,5,7,13-14,33H2,1-3H3,(H,34,35,37,38)/b21-19+,32-11?/t16-,23+,26+/m1/s1. The van der Waals surface area contributed by atoms with Gasteiger partial charge in [0.25, 0.3) is 0 Å². The lowest BCUT2D eigenvalue weighted by atomic mass is 9.92. The molecule has 3 aromatic rings. The van der Waals surface area contributed by atoms with Crippen LogP contribution in [0.1, 0.15) is 44.0 Å². The van der Waals surface area contributed by atoms with Crippen LogP contribution in [-0.4, -0.2) is 66.5 Å². The molecule has 10 nitrogen and oxygen atoms in total. The highest BCUT2D eigenvalue weighted by atomic mass is 32.2. The Hall–Kier alpha value is -3.78. The predicted octanol–water partition coefficient (Wildman–Crippen LogP) is 4.33. The van der Waals surface area contributed by atoms with Gasteiger partial charge in [-0.1, -0.05) is 19.9 Å². The number of rotatable bonds is 8. The maximum absolute atomic E-state index is 13.2. The molecule has 2 aromatic heterocycles. The van der Waals surface area contributed by atoms with E-state index in [1.807, 2.05) is 23.1 Å². The number of hydrogen-bond acceptors (Lipinski definition) is 10. The molecule has 0 unspecified atom stereocenters. The van der Waals surface area contributed by atoms with Crippen molar-refractivity contribution in [1.29, 1.82) is 5.41 Å². The Morgan fingerprint density at radius 3 is 2.62 bits per heavy atom. The third-order valence-corrected chi connectivity index (χ3v) is 8.72. The molecule has 0 radical (unpaired) electrons. The number of nitrogens with two attached hydrogens (primary N) is 1. The lowest BCUT2D eigenvalue weighted by Gasteiger charge is -2.47. The first kappa shape index (κ1) is 29.7. The van der Waals surface area contributed by atoms with E-state index in [1.165, 1.54) is 12.5 Å². The van der Waals surface area contributed by atoms with Crippen molar-refractivity contribution in [3.05, 3.63) is 53.7 Å². The average molecular weight is 603 g/mol. The number of aromatic nitrogens is 3. The van der Waals surface area contributed by atoms with Crippen LogP contribution >= 0.6 is 0 Å². The van der Waals surface area contributed by atoms with Crippen LogP contribution in [-0.2, 0) is 9.84 Å². The highest BCUT2D eigenvalue weighted by Gasteiger charge is 2.43. The van der Waals surface area contributed by atoms with E-state index in [0.29, 0.717) is 18.2 Å². The lowest BCUT2D eigenvalue weighted by Crippen LogP contribution is -2.63. The summed E-state index contributed by atoms with van der Waals surface area (Å²) < 4.78 is 63.1. The highest BCUT2D eigenvalue weighted by Crippen LogP contribution is 2.39. The lowest BCUT2D eigenvalue weighted by molar-refractivity contribution is -0.151. The number of pyridine rings is 1. The van der Waals surface area contributed by atoms with E-state index >= 15 is 0 Å². The molecule has 14 heteroatoms. The smallest absolute Gasteiger partial charge is 0.377 e. The summed E-state index contributed by atoms with van der Waals surface area (Å²) in [6.45, 7) is 4.70. The molecule has 3 atom stereocenters. The molecule has 5 N–H and O–H groups in total. The first-order valence-electron chi connectivity index (χ1n) is 13.5. The summed E-state index contributed by atoms with van der Waals surface area (Å²) in [5.74, 6) is 1.07. The number of sulfone groups is 1.